The minimum Gasteiger partial charge on any atom is -0.462 e. The number of hydrogen-bond donors (Lipinski definition) is 0. The van der Waals surface area contributed by atoms with Crippen LogP contribution < -0.4 is 0 Å². The van der Waals surface area contributed by atoms with Crippen LogP contribution in [0.5, 0.6) is 0 Å². The summed E-state index contributed by atoms with van der Waals surface area (Å²) in [5.41, 5.74) is -1.22. The largest absolute Gasteiger partial charge is 0.462 e. The van der Waals surface area contributed by atoms with E-state index in [9.17, 15) is 25.0 Å². The summed E-state index contributed by atoms with van der Waals surface area (Å²) in [6.07, 6.45) is 1.54. The van der Waals surface area contributed by atoms with E-state index in [1.54, 1.807) is 0 Å². The Morgan fingerprint density at radius 2 is 1.67 bits per heavy atom. The maximum absolute atomic E-state index is 11.8. The van der Waals surface area contributed by atoms with E-state index in [0.717, 1.165) is 24.6 Å². The van der Waals surface area contributed by atoms with E-state index < -0.39 is 27.2 Å². The number of nitro benzene ring substituents is 2. The predicted molar refractivity (Wildman–Crippen MR) is 74.1 cm³/mol. The molecule has 0 amide bonds. The SMILES string of the molecule is CC(C)CCCOC(=O)c1cc([N+](=O)[O-])cc([N+](=O)[O-])c1. The van der Waals surface area contributed by atoms with Crippen LogP contribution in [-0.4, -0.2) is 22.4 Å². The number of carbonyl (C=O) groups is 1. The van der Waals surface area contributed by atoms with Crippen LogP contribution in [0.25, 0.3) is 0 Å². The van der Waals surface area contributed by atoms with Gasteiger partial charge in [0.15, 0.2) is 0 Å². The number of esters is 1. The van der Waals surface area contributed by atoms with Crippen molar-refractivity contribution in [2.24, 2.45) is 5.92 Å². The van der Waals surface area contributed by atoms with Gasteiger partial charge < -0.3 is 4.74 Å². The Morgan fingerprint density at radius 3 is 2.10 bits per heavy atom. The molecule has 114 valence electrons. The maximum Gasteiger partial charge on any atom is 0.338 e. The van der Waals surface area contributed by atoms with Crippen LogP contribution in [0.15, 0.2) is 18.2 Å². The lowest BCUT2D eigenvalue weighted by atomic mass is 10.1. The van der Waals surface area contributed by atoms with E-state index in [4.69, 9.17) is 4.74 Å². The van der Waals surface area contributed by atoms with Crippen LogP contribution in [0.4, 0.5) is 11.4 Å². The van der Waals surface area contributed by atoms with Crippen LogP contribution in [0.3, 0.4) is 0 Å². The summed E-state index contributed by atoms with van der Waals surface area (Å²) in [4.78, 5) is 31.6. The molecule has 0 aliphatic rings. The third-order valence-corrected chi connectivity index (χ3v) is 2.72. The molecule has 0 radical (unpaired) electrons. The first-order chi connectivity index (χ1) is 9.81. The van der Waals surface area contributed by atoms with Crippen LogP contribution in [0.2, 0.25) is 0 Å². The molecule has 1 aromatic carbocycles. The third kappa shape index (κ3) is 5.17. The Balaban J connectivity index is 2.83. The lowest BCUT2D eigenvalue weighted by Gasteiger charge is -2.06. The van der Waals surface area contributed by atoms with E-state index in [2.05, 4.69) is 0 Å². The van der Waals surface area contributed by atoms with Gasteiger partial charge in [0.05, 0.1) is 28.1 Å². The number of hydrogen-bond acceptors (Lipinski definition) is 6. The van der Waals surface area contributed by atoms with Crippen LogP contribution in [0.1, 0.15) is 37.0 Å². The molecule has 0 aliphatic heterocycles. The van der Waals surface area contributed by atoms with E-state index in [-0.39, 0.29) is 12.2 Å². The number of non-ortho nitro benzene ring substituents is 2. The lowest BCUT2D eigenvalue weighted by Crippen LogP contribution is -2.08. The van der Waals surface area contributed by atoms with Crippen molar-refractivity contribution in [2.75, 3.05) is 6.61 Å². The minimum absolute atomic E-state index is 0.174. The fourth-order valence-electron chi connectivity index (χ4n) is 1.66. The fourth-order valence-corrected chi connectivity index (χ4v) is 1.66. The van der Waals surface area contributed by atoms with Gasteiger partial charge in [-0.25, -0.2) is 4.79 Å². The number of nitro groups is 2. The molecule has 0 heterocycles. The summed E-state index contributed by atoms with van der Waals surface area (Å²) in [6.45, 7) is 4.24. The molecule has 8 heteroatoms. The van der Waals surface area contributed by atoms with Gasteiger partial charge in [-0.15, -0.1) is 0 Å². The van der Waals surface area contributed by atoms with Crippen LogP contribution in [0, 0.1) is 26.1 Å². The van der Waals surface area contributed by atoms with Gasteiger partial charge >= 0.3 is 5.97 Å². The maximum atomic E-state index is 11.8. The number of carbonyl (C=O) groups excluding carboxylic acids is 1. The molecule has 8 nitrogen and oxygen atoms in total. The quantitative estimate of drug-likeness (QED) is 0.330. The number of nitrogens with zero attached hydrogens (tertiary/aromatic N) is 2. The Bertz CT molecular complexity index is 523. The second-order valence-electron chi connectivity index (χ2n) is 4.92. The van der Waals surface area contributed by atoms with Crippen molar-refractivity contribution < 1.29 is 19.4 Å². The van der Waals surface area contributed by atoms with Gasteiger partial charge in [-0.1, -0.05) is 13.8 Å². The highest BCUT2D eigenvalue weighted by molar-refractivity contribution is 5.91. The van der Waals surface area contributed by atoms with Crippen molar-refractivity contribution >= 4 is 17.3 Å². The second kappa shape index (κ2) is 7.32. The average molecular weight is 296 g/mol. The zero-order valence-corrected chi connectivity index (χ0v) is 11.8. The van der Waals surface area contributed by atoms with Crippen LogP contribution >= 0.6 is 0 Å². The van der Waals surface area contributed by atoms with Gasteiger partial charge in [-0.3, -0.25) is 20.2 Å². The van der Waals surface area contributed by atoms with E-state index in [1.807, 2.05) is 13.8 Å². The third-order valence-electron chi connectivity index (χ3n) is 2.72. The molecule has 0 aromatic heterocycles. The fraction of sp³-hybridized carbons (Fsp3) is 0.462. The molecule has 0 atom stereocenters. The highest BCUT2D eigenvalue weighted by atomic mass is 16.6. The Morgan fingerprint density at radius 1 is 1.14 bits per heavy atom. The molecule has 0 unspecified atom stereocenters. The molecule has 0 aliphatic carbocycles. The van der Waals surface area contributed by atoms with Gasteiger partial charge in [-0.05, 0) is 18.8 Å². The van der Waals surface area contributed by atoms with E-state index >= 15 is 0 Å². The average Bonchev–Trinajstić information content (AvgIpc) is 2.42. The normalized spacial score (nSPS) is 10.4. The minimum atomic E-state index is -0.800. The molecule has 0 saturated carbocycles. The second-order valence-corrected chi connectivity index (χ2v) is 4.92. The highest BCUT2D eigenvalue weighted by Gasteiger charge is 2.20. The number of benzene rings is 1. The smallest absolute Gasteiger partial charge is 0.338 e. The zero-order valence-electron chi connectivity index (χ0n) is 11.8. The van der Waals surface area contributed by atoms with Crippen molar-refractivity contribution in [3.63, 3.8) is 0 Å². The Hall–Kier alpha value is -2.51. The molecule has 1 rings (SSSR count). The summed E-state index contributed by atoms with van der Waals surface area (Å²) in [7, 11) is 0. The lowest BCUT2D eigenvalue weighted by molar-refractivity contribution is -0.394. The van der Waals surface area contributed by atoms with Crippen molar-refractivity contribution in [3.05, 3.63) is 44.0 Å². The van der Waals surface area contributed by atoms with Gasteiger partial charge in [0.25, 0.3) is 11.4 Å². The molecule has 0 saturated heterocycles. The van der Waals surface area contributed by atoms with Crippen LogP contribution in [-0.2, 0) is 4.74 Å². The van der Waals surface area contributed by atoms with Crippen molar-refractivity contribution in [1.29, 1.82) is 0 Å². The summed E-state index contributed by atoms with van der Waals surface area (Å²) < 4.78 is 4.96. The molecule has 0 N–H and O–H groups in total. The first kappa shape index (κ1) is 16.5. The molecule has 0 fully saturated rings. The molecule has 21 heavy (non-hydrogen) atoms. The predicted octanol–water partition coefficient (Wildman–Crippen LogP) is 3.10. The van der Waals surface area contributed by atoms with E-state index in [1.165, 1.54) is 0 Å². The summed E-state index contributed by atoms with van der Waals surface area (Å²) in [6, 6.07) is 2.74. The Kier molecular flexibility index (Phi) is 5.77. The van der Waals surface area contributed by atoms with Crippen molar-refractivity contribution in [3.8, 4) is 0 Å². The van der Waals surface area contributed by atoms with Gasteiger partial charge in [-0.2, -0.15) is 0 Å². The van der Waals surface area contributed by atoms with Gasteiger partial charge in [0.1, 0.15) is 0 Å². The summed E-state index contributed by atoms with van der Waals surface area (Å²) in [5, 5.41) is 21.4. The zero-order chi connectivity index (χ0) is 16.0. The highest BCUT2D eigenvalue weighted by Crippen LogP contribution is 2.23. The van der Waals surface area contributed by atoms with Crippen molar-refractivity contribution in [2.45, 2.75) is 26.7 Å². The van der Waals surface area contributed by atoms with E-state index in [0.29, 0.717) is 12.3 Å². The standard InChI is InChI=1S/C13H16N2O6/c1-9(2)4-3-5-21-13(16)10-6-11(14(17)18)8-12(7-10)15(19)20/h6-9H,3-5H2,1-2H3. The summed E-state index contributed by atoms with van der Waals surface area (Å²) >= 11 is 0. The Labute approximate surface area is 121 Å². The van der Waals surface area contributed by atoms with Gasteiger partial charge in [0.2, 0.25) is 0 Å². The monoisotopic (exact) mass is 296 g/mol. The van der Waals surface area contributed by atoms with Gasteiger partial charge in [0, 0.05) is 12.1 Å². The first-order valence-electron chi connectivity index (χ1n) is 6.42. The number of rotatable bonds is 7. The topological polar surface area (TPSA) is 113 Å². The van der Waals surface area contributed by atoms with Crippen molar-refractivity contribution in [1.82, 2.24) is 0 Å². The number of ether oxygens (including phenoxy) is 1. The molecule has 0 spiro atoms. The molecular formula is C13H16N2O6. The molecule has 0 bridgehead atoms. The molecular weight excluding hydrogens is 280 g/mol. The molecule has 1 aromatic rings. The summed E-state index contributed by atoms with van der Waals surface area (Å²) in [5.74, 6) is -0.326. The first-order valence-corrected chi connectivity index (χ1v) is 6.42.